The van der Waals surface area contributed by atoms with Crippen molar-refractivity contribution >= 4 is 24.3 Å². The molecule has 9 atom stereocenters. The number of aliphatic imine (C=N–C) groups is 1. The lowest BCUT2D eigenvalue weighted by Gasteiger charge is -2.59. The van der Waals surface area contributed by atoms with Gasteiger partial charge in [-0.3, -0.25) is 19.4 Å². The van der Waals surface area contributed by atoms with E-state index in [4.69, 9.17) is 11.6 Å². The molecule has 0 spiro atoms. The van der Waals surface area contributed by atoms with Crippen molar-refractivity contribution in [1.29, 1.82) is 0 Å². The Morgan fingerprint density at radius 3 is 2.62 bits per heavy atom. The molecule has 32 heavy (non-hydrogen) atoms. The van der Waals surface area contributed by atoms with E-state index in [0.29, 0.717) is 25.7 Å². The Labute approximate surface area is 191 Å². The molecule has 0 aromatic heterocycles. The highest BCUT2D eigenvalue weighted by atomic mass is 16.4. The SMILES string of the molecule is C#[N+][C@@]12CC[C@H]([C@H](C)CC(=O)O)[C@@]1(C)CC[C@]1(N=C)C3[C@@H](CC(=O)CC[C@H]3C)CC(=O)[C@H]12. The summed E-state index contributed by atoms with van der Waals surface area (Å²) in [4.78, 5) is 47.1. The molecule has 4 saturated carbocycles. The number of hydrogen-bond donors (Lipinski definition) is 1. The first kappa shape index (κ1) is 23.1. The number of carboxylic acids is 1. The van der Waals surface area contributed by atoms with E-state index in [1.807, 2.05) is 6.92 Å². The van der Waals surface area contributed by atoms with Gasteiger partial charge in [0.25, 0.3) is 12.1 Å². The number of ketones is 2. The summed E-state index contributed by atoms with van der Waals surface area (Å²) in [5.74, 6) is -0.368. The average molecular weight is 442 g/mol. The Morgan fingerprint density at radius 2 is 2.00 bits per heavy atom. The fourth-order valence-electron chi connectivity index (χ4n) is 9.02. The van der Waals surface area contributed by atoms with Crippen molar-refractivity contribution in [2.45, 2.75) is 89.6 Å². The van der Waals surface area contributed by atoms with Gasteiger partial charge in [-0.1, -0.05) is 25.6 Å². The first-order valence-electron chi connectivity index (χ1n) is 12.2. The molecule has 0 radical (unpaired) electrons. The predicted molar refractivity (Wildman–Crippen MR) is 123 cm³/mol. The van der Waals surface area contributed by atoms with E-state index in [0.717, 1.165) is 25.7 Å². The van der Waals surface area contributed by atoms with Crippen molar-refractivity contribution in [2.75, 3.05) is 0 Å². The van der Waals surface area contributed by atoms with Gasteiger partial charge in [-0.25, -0.2) is 0 Å². The Balaban J connectivity index is 1.82. The Bertz CT molecular complexity index is 893. The van der Waals surface area contributed by atoms with Crippen molar-refractivity contribution in [3.05, 3.63) is 4.85 Å². The van der Waals surface area contributed by atoms with Crippen LogP contribution in [0, 0.1) is 47.5 Å². The summed E-state index contributed by atoms with van der Waals surface area (Å²) in [6.07, 6.45) is 5.32. The zero-order valence-electron chi connectivity index (χ0n) is 19.7. The van der Waals surface area contributed by atoms with Gasteiger partial charge in [-0.15, -0.1) is 0 Å². The topological polar surface area (TPSA) is 88.2 Å². The number of nitrogens with zero attached hydrogens (tertiary/aromatic N) is 2. The molecule has 0 amide bonds. The van der Waals surface area contributed by atoms with Gasteiger partial charge < -0.3 is 5.11 Å². The summed E-state index contributed by atoms with van der Waals surface area (Å²) in [5, 5.41) is 9.41. The maximum Gasteiger partial charge on any atom is 0.303 e. The number of carboxylic acid groups (broad SMARTS) is 1. The van der Waals surface area contributed by atoms with E-state index in [-0.39, 0.29) is 53.0 Å². The van der Waals surface area contributed by atoms with E-state index >= 15 is 0 Å². The Morgan fingerprint density at radius 1 is 1.28 bits per heavy atom. The molecule has 4 rings (SSSR count). The average Bonchev–Trinajstić information content (AvgIpc) is 2.95. The molecule has 174 valence electrons. The van der Waals surface area contributed by atoms with Gasteiger partial charge >= 0.3 is 5.97 Å². The minimum Gasteiger partial charge on any atom is -0.481 e. The highest BCUT2D eigenvalue weighted by molar-refractivity contribution is 5.88. The van der Waals surface area contributed by atoms with Crippen molar-refractivity contribution < 1.29 is 19.5 Å². The van der Waals surface area contributed by atoms with Crippen molar-refractivity contribution in [2.24, 2.45) is 45.9 Å². The number of carbonyl (C=O) groups is 3. The van der Waals surface area contributed by atoms with E-state index in [2.05, 4.69) is 25.4 Å². The lowest BCUT2D eigenvalue weighted by molar-refractivity contribution is -0.150. The highest BCUT2D eigenvalue weighted by Crippen LogP contribution is 2.70. The van der Waals surface area contributed by atoms with Crippen molar-refractivity contribution in [3.63, 3.8) is 0 Å². The van der Waals surface area contributed by atoms with Crippen LogP contribution in [0.4, 0.5) is 0 Å². The van der Waals surface area contributed by atoms with E-state index in [9.17, 15) is 19.5 Å². The summed E-state index contributed by atoms with van der Waals surface area (Å²) in [6.45, 7) is 16.6. The molecule has 1 N–H and O–H groups in total. The minimum atomic E-state index is -0.797. The largest absolute Gasteiger partial charge is 0.481 e. The van der Waals surface area contributed by atoms with Gasteiger partial charge in [0.15, 0.2) is 0 Å². The first-order chi connectivity index (χ1) is 15.1. The lowest BCUT2D eigenvalue weighted by atomic mass is 9.43. The monoisotopic (exact) mass is 441 g/mol. The maximum atomic E-state index is 13.9. The Kier molecular flexibility index (Phi) is 5.63. The molecular formula is C26H37N2O4+. The van der Waals surface area contributed by atoms with E-state index in [1.54, 1.807) is 0 Å². The van der Waals surface area contributed by atoms with Crippen molar-refractivity contribution in [1.82, 2.24) is 0 Å². The summed E-state index contributed by atoms with van der Waals surface area (Å²) >= 11 is 0. The van der Waals surface area contributed by atoms with Gasteiger partial charge in [0.1, 0.15) is 17.5 Å². The fraction of sp³-hybridized carbons (Fsp3) is 0.808. The molecular weight excluding hydrogens is 404 g/mol. The smallest absolute Gasteiger partial charge is 0.303 e. The molecule has 4 aliphatic rings. The second kappa shape index (κ2) is 7.78. The standard InChI is InChI=1S/C26H36N2O4/c1-15-6-7-18(29)13-17-14-20(30)23-25(27-4,22(15)17)11-10-24(3)19(16(2)12-21(31)32)8-9-26(23,24)28-5/h5,15-17,19,22-23H,4,6-14H2,1-3H3/p+1/t15-,16-,17+,19-,22?,23-,24-,25+,26-/m1/s1. The van der Waals surface area contributed by atoms with Crippen LogP contribution in [0.25, 0.3) is 4.85 Å². The quantitative estimate of drug-likeness (QED) is 0.643. The van der Waals surface area contributed by atoms with Crippen LogP contribution in [0.5, 0.6) is 0 Å². The summed E-state index contributed by atoms with van der Waals surface area (Å²) in [5.41, 5.74) is -1.78. The van der Waals surface area contributed by atoms with Gasteiger partial charge in [-0.2, -0.15) is 0 Å². The molecule has 0 saturated heterocycles. The van der Waals surface area contributed by atoms with Crippen LogP contribution < -0.4 is 0 Å². The van der Waals surface area contributed by atoms with Gasteiger partial charge in [0.2, 0.25) is 0 Å². The molecule has 6 heteroatoms. The van der Waals surface area contributed by atoms with Crippen LogP contribution in [0.2, 0.25) is 0 Å². The molecule has 4 aliphatic carbocycles. The third-order valence-corrected chi connectivity index (χ3v) is 10.2. The van der Waals surface area contributed by atoms with Crippen LogP contribution in [0.15, 0.2) is 4.99 Å². The zero-order chi connectivity index (χ0) is 23.5. The molecule has 1 unspecified atom stereocenters. The maximum absolute atomic E-state index is 13.9. The third-order valence-electron chi connectivity index (χ3n) is 10.2. The third kappa shape index (κ3) is 2.96. The number of rotatable bonds is 4. The van der Waals surface area contributed by atoms with Crippen LogP contribution in [0.3, 0.4) is 0 Å². The molecule has 4 fully saturated rings. The molecule has 0 bridgehead atoms. The van der Waals surface area contributed by atoms with Gasteiger partial charge in [0, 0.05) is 32.1 Å². The molecule has 0 heterocycles. The number of hydrogen-bond acceptors (Lipinski definition) is 4. The minimum absolute atomic E-state index is 0.0107. The number of aliphatic carboxylic acids is 1. The van der Waals surface area contributed by atoms with Gasteiger partial charge in [-0.05, 0) is 62.0 Å². The molecule has 0 aromatic carbocycles. The van der Waals surface area contributed by atoms with Crippen LogP contribution in [-0.4, -0.2) is 40.4 Å². The summed E-state index contributed by atoms with van der Waals surface area (Å²) < 4.78 is 0. The Hall–Kier alpha value is -2.03. The first-order valence-corrected chi connectivity index (χ1v) is 12.2. The summed E-state index contributed by atoms with van der Waals surface area (Å²) in [7, 11) is 0. The highest BCUT2D eigenvalue weighted by Gasteiger charge is 2.79. The second-order valence-corrected chi connectivity index (χ2v) is 11.5. The normalized spacial score (nSPS) is 46.8. The van der Waals surface area contributed by atoms with E-state index < -0.39 is 23.0 Å². The lowest BCUT2D eigenvalue weighted by Crippen LogP contribution is -2.69. The van der Waals surface area contributed by atoms with Crippen LogP contribution in [-0.2, 0) is 14.4 Å². The van der Waals surface area contributed by atoms with Crippen molar-refractivity contribution in [3.8, 4) is 6.57 Å². The van der Waals surface area contributed by atoms with Crippen LogP contribution >= 0.6 is 0 Å². The fourth-order valence-corrected chi connectivity index (χ4v) is 9.02. The number of fused-ring (bicyclic) bond motifs is 5. The van der Waals surface area contributed by atoms with E-state index in [1.165, 1.54) is 0 Å². The van der Waals surface area contributed by atoms with Crippen LogP contribution in [0.1, 0.15) is 78.6 Å². The molecule has 0 aromatic rings. The zero-order valence-corrected chi connectivity index (χ0v) is 19.7. The predicted octanol–water partition coefficient (Wildman–Crippen LogP) is 4.66. The second-order valence-electron chi connectivity index (χ2n) is 11.5. The molecule has 6 nitrogen and oxygen atoms in total. The number of Topliss-reactive ketones (excluding diaryl/α,β-unsaturated/α-hetero) is 2. The number of carbonyl (C=O) groups excluding carboxylic acids is 2. The molecule has 0 aliphatic heterocycles. The summed E-state index contributed by atoms with van der Waals surface area (Å²) in [6, 6.07) is 0. The van der Waals surface area contributed by atoms with Gasteiger partial charge in [0.05, 0.1) is 11.0 Å².